The predicted molar refractivity (Wildman–Crippen MR) is 27.0 cm³/mol. The van der Waals surface area contributed by atoms with Gasteiger partial charge in [-0.15, -0.1) is 0 Å². The molecule has 4 heteroatoms. The number of hydrogen-bond donors (Lipinski definition) is 1. The highest BCUT2D eigenvalue weighted by Gasteiger charge is 2.34. The lowest BCUT2D eigenvalue weighted by Gasteiger charge is -2.15. The lowest BCUT2D eigenvalue weighted by Crippen LogP contribution is -2.20. The van der Waals surface area contributed by atoms with Crippen molar-refractivity contribution in [1.29, 1.82) is 0 Å². The van der Waals surface area contributed by atoms with Gasteiger partial charge in [0.05, 0.1) is 0 Å². The van der Waals surface area contributed by atoms with Crippen molar-refractivity contribution in [3.8, 4) is 0 Å². The van der Waals surface area contributed by atoms with E-state index >= 15 is 0 Å². The molecule has 52 valence electrons. The van der Waals surface area contributed by atoms with Gasteiger partial charge >= 0.3 is 12.0 Å². The summed E-state index contributed by atoms with van der Waals surface area (Å²) >= 11 is 0. The number of halogens is 1. The zero-order valence-corrected chi connectivity index (χ0v) is 5.14. The predicted octanol–water partition coefficient (Wildman–Crippen LogP) is 1.42. The van der Waals surface area contributed by atoms with Gasteiger partial charge in [0.25, 0.3) is 5.79 Å². The highest BCUT2D eigenvalue weighted by Crippen LogP contribution is 2.28. The third-order valence-corrected chi connectivity index (χ3v) is 0.846. The number of hydrogen-bond acceptors (Lipinski definition) is 3. The Kier molecular flexibility index (Phi) is 1.05. The highest BCUT2D eigenvalue weighted by atomic mass is 19.1. The van der Waals surface area contributed by atoms with Crippen molar-refractivity contribution in [2.45, 2.75) is 19.6 Å². The van der Waals surface area contributed by atoms with E-state index in [4.69, 9.17) is 5.11 Å². The van der Waals surface area contributed by atoms with Gasteiger partial charge in [0.1, 0.15) is 0 Å². The van der Waals surface area contributed by atoms with Gasteiger partial charge in [0.15, 0.2) is 0 Å². The highest BCUT2D eigenvalue weighted by molar-refractivity contribution is 4.91. The van der Waals surface area contributed by atoms with Gasteiger partial charge < -0.3 is 14.6 Å². The molecule has 0 bridgehead atoms. The van der Waals surface area contributed by atoms with Crippen LogP contribution in [0.2, 0.25) is 0 Å². The van der Waals surface area contributed by atoms with Crippen molar-refractivity contribution in [2.75, 3.05) is 0 Å². The Hall–Kier alpha value is -0.930. The number of ether oxygens (including phenoxy) is 2. The zero-order chi connectivity index (χ0) is 7.07. The van der Waals surface area contributed by atoms with E-state index in [-0.39, 0.29) is 0 Å². The van der Waals surface area contributed by atoms with Gasteiger partial charge in [-0.1, -0.05) is 0 Å². The number of aliphatic hydroxyl groups excluding tert-OH is 1. The SMILES string of the molecule is CC1(C)OC(O)=C(F)O1. The van der Waals surface area contributed by atoms with Crippen LogP contribution in [0.25, 0.3) is 0 Å². The smallest absolute Gasteiger partial charge is 0.358 e. The summed E-state index contributed by atoms with van der Waals surface area (Å²) in [5.74, 6) is -1.84. The van der Waals surface area contributed by atoms with Crippen molar-refractivity contribution in [2.24, 2.45) is 0 Å². The lowest BCUT2D eigenvalue weighted by atomic mass is 10.4. The van der Waals surface area contributed by atoms with Crippen LogP contribution in [0.1, 0.15) is 13.8 Å². The Balaban J connectivity index is 2.70. The van der Waals surface area contributed by atoms with Crippen LogP contribution in [0.4, 0.5) is 4.39 Å². The van der Waals surface area contributed by atoms with E-state index in [1.54, 1.807) is 0 Å². The van der Waals surface area contributed by atoms with Gasteiger partial charge in [-0.2, -0.15) is 4.39 Å². The van der Waals surface area contributed by atoms with Crippen LogP contribution in [-0.2, 0) is 9.47 Å². The maximum atomic E-state index is 12.1. The fraction of sp³-hybridized carbons (Fsp3) is 0.600. The average Bonchev–Trinajstić information content (AvgIpc) is 1.79. The van der Waals surface area contributed by atoms with Crippen molar-refractivity contribution in [3.05, 3.63) is 12.0 Å². The van der Waals surface area contributed by atoms with Crippen LogP contribution < -0.4 is 0 Å². The molecule has 3 nitrogen and oxygen atoms in total. The first-order valence-corrected chi connectivity index (χ1v) is 2.48. The minimum absolute atomic E-state index is 0.778. The molecular weight excluding hydrogens is 127 g/mol. The van der Waals surface area contributed by atoms with E-state index in [0.717, 1.165) is 0 Å². The second kappa shape index (κ2) is 1.52. The van der Waals surface area contributed by atoms with Gasteiger partial charge in [-0.3, -0.25) is 0 Å². The molecule has 9 heavy (non-hydrogen) atoms. The second-order valence-electron chi connectivity index (χ2n) is 2.18. The molecule has 1 N–H and O–H groups in total. The summed E-state index contributed by atoms with van der Waals surface area (Å²) in [4.78, 5) is 0. The van der Waals surface area contributed by atoms with E-state index in [9.17, 15) is 4.39 Å². The van der Waals surface area contributed by atoms with Crippen LogP contribution >= 0.6 is 0 Å². The minimum Gasteiger partial charge on any atom is -0.476 e. The molecule has 1 aliphatic heterocycles. The van der Waals surface area contributed by atoms with Crippen molar-refractivity contribution in [1.82, 2.24) is 0 Å². The molecule has 0 unspecified atom stereocenters. The molecule has 0 aromatic rings. The fourth-order valence-electron chi connectivity index (χ4n) is 0.553. The van der Waals surface area contributed by atoms with Gasteiger partial charge in [-0.05, 0) is 0 Å². The summed E-state index contributed by atoms with van der Waals surface area (Å²) in [6, 6.07) is -1.06. The first-order chi connectivity index (χ1) is 4.01. The van der Waals surface area contributed by atoms with E-state index in [2.05, 4.69) is 9.47 Å². The Morgan fingerprint density at radius 1 is 1.44 bits per heavy atom. The summed E-state index contributed by atoms with van der Waals surface area (Å²) < 4.78 is 21.0. The molecule has 0 spiro atoms. The molecule has 0 aromatic heterocycles. The van der Waals surface area contributed by atoms with E-state index in [1.165, 1.54) is 13.8 Å². The quantitative estimate of drug-likeness (QED) is 0.544. The molecule has 0 aliphatic carbocycles. The molecule has 0 amide bonds. The first kappa shape index (κ1) is 6.19. The van der Waals surface area contributed by atoms with Crippen molar-refractivity contribution < 1.29 is 19.0 Å². The number of aliphatic hydroxyl groups is 1. The van der Waals surface area contributed by atoms with Crippen molar-refractivity contribution >= 4 is 0 Å². The van der Waals surface area contributed by atoms with Crippen LogP contribution in [-0.4, -0.2) is 10.9 Å². The topological polar surface area (TPSA) is 38.7 Å². The Labute approximate surface area is 51.7 Å². The first-order valence-electron chi connectivity index (χ1n) is 2.48. The maximum absolute atomic E-state index is 12.1. The van der Waals surface area contributed by atoms with E-state index in [0.29, 0.717) is 0 Å². The fourth-order valence-corrected chi connectivity index (χ4v) is 0.553. The molecule has 1 rings (SSSR count). The Bertz CT molecular complexity index is 146. The molecule has 0 radical (unpaired) electrons. The molecule has 1 heterocycles. The zero-order valence-electron chi connectivity index (χ0n) is 5.14. The molecule has 0 atom stereocenters. The standard InChI is InChI=1S/C5H7FO3/c1-5(2)8-3(6)4(7)9-5/h7H,1-2H3. The van der Waals surface area contributed by atoms with Gasteiger partial charge in [0, 0.05) is 13.8 Å². The third kappa shape index (κ3) is 1.06. The molecule has 1 aliphatic rings. The molecule has 0 saturated heterocycles. The van der Waals surface area contributed by atoms with Crippen LogP contribution in [0.5, 0.6) is 0 Å². The van der Waals surface area contributed by atoms with E-state index < -0.39 is 17.7 Å². The minimum atomic E-state index is -1.06. The summed E-state index contributed by atoms with van der Waals surface area (Å²) in [7, 11) is 0. The molecule has 0 aromatic carbocycles. The van der Waals surface area contributed by atoms with E-state index in [1.807, 2.05) is 0 Å². The Morgan fingerprint density at radius 3 is 2.11 bits per heavy atom. The normalized spacial score (nSPS) is 23.4. The van der Waals surface area contributed by atoms with Crippen LogP contribution in [0, 0.1) is 0 Å². The molecule has 0 saturated carbocycles. The average molecular weight is 134 g/mol. The summed E-state index contributed by atoms with van der Waals surface area (Å²) in [6.45, 7) is 2.99. The molecular formula is C5H7FO3. The second-order valence-corrected chi connectivity index (χ2v) is 2.18. The summed E-state index contributed by atoms with van der Waals surface area (Å²) in [5, 5.41) is 8.49. The number of rotatable bonds is 0. The maximum Gasteiger partial charge on any atom is 0.358 e. The lowest BCUT2D eigenvalue weighted by molar-refractivity contribution is -0.146. The Morgan fingerprint density at radius 2 is 2.00 bits per heavy atom. The molecule has 0 fully saturated rings. The third-order valence-electron chi connectivity index (χ3n) is 0.846. The largest absolute Gasteiger partial charge is 0.476 e. The summed E-state index contributed by atoms with van der Waals surface area (Å²) in [6.07, 6.45) is 0. The van der Waals surface area contributed by atoms with Crippen molar-refractivity contribution in [3.63, 3.8) is 0 Å². The van der Waals surface area contributed by atoms with Crippen LogP contribution in [0.15, 0.2) is 12.0 Å². The van der Waals surface area contributed by atoms with Crippen LogP contribution in [0.3, 0.4) is 0 Å². The van der Waals surface area contributed by atoms with Gasteiger partial charge in [-0.25, -0.2) is 0 Å². The summed E-state index contributed by atoms with van der Waals surface area (Å²) in [5.41, 5.74) is 0. The monoisotopic (exact) mass is 134 g/mol. The van der Waals surface area contributed by atoms with Gasteiger partial charge in [0.2, 0.25) is 0 Å².